The summed E-state index contributed by atoms with van der Waals surface area (Å²) in [4.78, 5) is 2.48. The molecule has 0 amide bonds. The molecule has 0 heterocycles. The zero-order valence-corrected chi connectivity index (χ0v) is 14.2. The molecule has 1 aromatic carbocycles. The Bertz CT molecular complexity index is 406. The molecule has 0 spiro atoms. The standard InChI is InChI=1S/C18H31FN2/c1-6-12-21(14(3)4)13-15(5)18(20-7-2)16-10-8-9-11-17(16)19/h8-11,14-15,18,20H,6-7,12-13H2,1-5H3. The molecular formula is C18H31FN2. The van der Waals surface area contributed by atoms with E-state index in [-0.39, 0.29) is 11.9 Å². The highest BCUT2D eigenvalue weighted by atomic mass is 19.1. The van der Waals surface area contributed by atoms with Crippen LogP contribution in [0.5, 0.6) is 0 Å². The zero-order valence-electron chi connectivity index (χ0n) is 14.2. The van der Waals surface area contributed by atoms with E-state index in [2.05, 4.69) is 44.8 Å². The van der Waals surface area contributed by atoms with E-state index in [1.165, 1.54) is 0 Å². The van der Waals surface area contributed by atoms with Gasteiger partial charge < -0.3 is 10.2 Å². The van der Waals surface area contributed by atoms with Gasteiger partial charge in [0.25, 0.3) is 0 Å². The molecule has 0 aliphatic heterocycles. The van der Waals surface area contributed by atoms with Crippen LogP contribution in [0.1, 0.15) is 52.6 Å². The monoisotopic (exact) mass is 294 g/mol. The molecule has 1 aromatic rings. The Morgan fingerprint density at radius 2 is 1.81 bits per heavy atom. The van der Waals surface area contributed by atoms with E-state index in [1.54, 1.807) is 12.1 Å². The van der Waals surface area contributed by atoms with Gasteiger partial charge in [0.1, 0.15) is 5.82 Å². The van der Waals surface area contributed by atoms with Crippen LogP contribution in [0.4, 0.5) is 4.39 Å². The van der Waals surface area contributed by atoms with Crippen molar-refractivity contribution in [3.05, 3.63) is 35.6 Å². The first-order valence-corrected chi connectivity index (χ1v) is 8.23. The number of benzene rings is 1. The van der Waals surface area contributed by atoms with Crippen molar-refractivity contribution in [2.75, 3.05) is 19.6 Å². The van der Waals surface area contributed by atoms with Crippen LogP contribution >= 0.6 is 0 Å². The van der Waals surface area contributed by atoms with Gasteiger partial charge in [-0.3, -0.25) is 0 Å². The molecule has 0 saturated heterocycles. The molecule has 21 heavy (non-hydrogen) atoms. The number of hydrogen-bond acceptors (Lipinski definition) is 2. The predicted molar refractivity (Wildman–Crippen MR) is 89.0 cm³/mol. The number of nitrogens with one attached hydrogen (secondary N) is 1. The molecule has 2 nitrogen and oxygen atoms in total. The molecule has 1 rings (SSSR count). The maximum atomic E-state index is 14.1. The molecular weight excluding hydrogens is 263 g/mol. The van der Waals surface area contributed by atoms with E-state index < -0.39 is 0 Å². The highest BCUT2D eigenvalue weighted by molar-refractivity contribution is 5.22. The van der Waals surface area contributed by atoms with Gasteiger partial charge >= 0.3 is 0 Å². The number of nitrogens with zero attached hydrogens (tertiary/aromatic N) is 1. The fraction of sp³-hybridized carbons (Fsp3) is 0.667. The molecule has 0 aliphatic rings. The van der Waals surface area contributed by atoms with Crippen LogP contribution in [0.3, 0.4) is 0 Å². The van der Waals surface area contributed by atoms with E-state index >= 15 is 0 Å². The van der Waals surface area contributed by atoms with Crippen molar-refractivity contribution in [3.8, 4) is 0 Å². The number of hydrogen-bond donors (Lipinski definition) is 1. The normalized spacial score (nSPS) is 14.7. The minimum Gasteiger partial charge on any atom is -0.310 e. The van der Waals surface area contributed by atoms with Crippen LogP contribution in [0.25, 0.3) is 0 Å². The molecule has 2 atom stereocenters. The lowest BCUT2D eigenvalue weighted by Crippen LogP contribution is -2.40. The van der Waals surface area contributed by atoms with E-state index in [4.69, 9.17) is 0 Å². The third-order valence-electron chi connectivity index (χ3n) is 4.00. The molecule has 0 aromatic heterocycles. The van der Waals surface area contributed by atoms with Gasteiger partial charge in [-0.05, 0) is 45.3 Å². The summed E-state index contributed by atoms with van der Waals surface area (Å²) < 4.78 is 14.1. The van der Waals surface area contributed by atoms with Crippen LogP contribution in [0, 0.1) is 11.7 Å². The fourth-order valence-corrected chi connectivity index (χ4v) is 2.89. The van der Waals surface area contributed by atoms with Crippen LogP contribution in [0.2, 0.25) is 0 Å². The van der Waals surface area contributed by atoms with E-state index in [1.807, 2.05) is 12.1 Å². The summed E-state index contributed by atoms with van der Waals surface area (Å²) >= 11 is 0. The van der Waals surface area contributed by atoms with Crippen molar-refractivity contribution in [1.82, 2.24) is 10.2 Å². The van der Waals surface area contributed by atoms with Gasteiger partial charge in [0.2, 0.25) is 0 Å². The van der Waals surface area contributed by atoms with E-state index in [9.17, 15) is 4.39 Å². The largest absolute Gasteiger partial charge is 0.310 e. The summed E-state index contributed by atoms with van der Waals surface area (Å²) in [5.74, 6) is 0.248. The maximum Gasteiger partial charge on any atom is 0.127 e. The smallest absolute Gasteiger partial charge is 0.127 e. The summed E-state index contributed by atoms with van der Waals surface area (Å²) in [6, 6.07) is 7.72. The average molecular weight is 294 g/mol. The Morgan fingerprint density at radius 1 is 1.14 bits per heavy atom. The average Bonchev–Trinajstić information content (AvgIpc) is 2.45. The first kappa shape index (κ1) is 18.1. The Hall–Kier alpha value is -0.930. The van der Waals surface area contributed by atoms with Crippen molar-refractivity contribution in [1.29, 1.82) is 0 Å². The lowest BCUT2D eigenvalue weighted by molar-refractivity contribution is 0.173. The summed E-state index contributed by atoms with van der Waals surface area (Å²) in [5, 5.41) is 3.46. The molecule has 2 unspecified atom stereocenters. The van der Waals surface area contributed by atoms with Crippen molar-refractivity contribution in [3.63, 3.8) is 0 Å². The van der Waals surface area contributed by atoms with Crippen LogP contribution in [0.15, 0.2) is 24.3 Å². The molecule has 0 fully saturated rings. The van der Waals surface area contributed by atoms with Gasteiger partial charge in [0, 0.05) is 24.2 Å². The van der Waals surface area contributed by atoms with Gasteiger partial charge in [0.15, 0.2) is 0 Å². The summed E-state index contributed by atoms with van der Waals surface area (Å²) in [5.41, 5.74) is 0.784. The Balaban J connectivity index is 2.87. The number of halogens is 1. The van der Waals surface area contributed by atoms with Crippen LogP contribution in [-0.2, 0) is 0 Å². The van der Waals surface area contributed by atoms with Crippen molar-refractivity contribution in [2.24, 2.45) is 5.92 Å². The molecule has 0 bridgehead atoms. The second kappa shape index (κ2) is 9.16. The van der Waals surface area contributed by atoms with Crippen LogP contribution < -0.4 is 5.32 Å². The number of rotatable bonds is 9. The highest BCUT2D eigenvalue weighted by Gasteiger charge is 2.23. The van der Waals surface area contributed by atoms with Gasteiger partial charge in [-0.1, -0.05) is 39.0 Å². The summed E-state index contributed by atoms with van der Waals surface area (Å²) in [7, 11) is 0. The van der Waals surface area contributed by atoms with Gasteiger partial charge in [-0.2, -0.15) is 0 Å². The Morgan fingerprint density at radius 3 is 2.33 bits per heavy atom. The molecule has 1 N–H and O–H groups in total. The van der Waals surface area contributed by atoms with Gasteiger partial charge in [0.05, 0.1) is 0 Å². The maximum absolute atomic E-state index is 14.1. The second-order valence-electron chi connectivity index (χ2n) is 6.12. The van der Waals surface area contributed by atoms with Crippen molar-refractivity contribution < 1.29 is 4.39 Å². The first-order valence-electron chi connectivity index (χ1n) is 8.23. The van der Waals surface area contributed by atoms with Gasteiger partial charge in [-0.25, -0.2) is 4.39 Å². The quantitative estimate of drug-likeness (QED) is 0.733. The molecule has 0 saturated carbocycles. The minimum atomic E-state index is -0.109. The summed E-state index contributed by atoms with van der Waals surface area (Å²) in [6.07, 6.45) is 1.15. The zero-order chi connectivity index (χ0) is 15.8. The van der Waals surface area contributed by atoms with E-state index in [0.717, 1.165) is 31.6 Å². The van der Waals surface area contributed by atoms with Crippen LogP contribution in [-0.4, -0.2) is 30.6 Å². The summed E-state index contributed by atoms with van der Waals surface area (Å²) in [6.45, 7) is 13.9. The fourth-order valence-electron chi connectivity index (χ4n) is 2.89. The Kier molecular flexibility index (Phi) is 7.91. The SMILES string of the molecule is CCCN(CC(C)C(NCC)c1ccccc1F)C(C)C. The third kappa shape index (κ3) is 5.40. The lowest BCUT2D eigenvalue weighted by atomic mass is 9.93. The van der Waals surface area contributed by atoms with Crippen molar-refractivity contribution in [2.45, 2.75) is 53.1 Å². The first-order chi connectivity index (χ1) is 10.0. The topological polar surface area (TPSA) is 15.3 Å². The Labute approximate surface area is 129 Å². The third-order valence-corrected chi connectivity index (χ3v) is 4.00. The molecule has 0 aliphatic carbocycles. The molecule has 120 valence electrons. The van der Waals surface area contributed by atoms with Crippen molar-refractivity contribution >= 4 is 0 Å². The second-order valence-corrected chi connectivity index (χ2v) is 6.12. The van der Waals surface area contributed by atoms with Gasteiger partial charge in [-0.15, -0.1) is 0 Å². The minimum absolute atomic E-state index is 0.0642. The highest BCUT2D eigenvalue weighted by Crippen LogP contribution is 2.25. The predicted octanol–water partition coefficient (Wildman–Crippen LogP) is 4.23. The molecule has 3 heteroatoms. The molecule has 0 radical (unpaired) electrons. The van der Waals surface area contributed by atoms with E-state index in [0.29, 0.717) is 12.0 Å². The lowest BCUT2D eigenvalue weighted by Gasteiger charge is -2.33.